The number of likely N-dealkylation sites (tertiary alicyclic amines) is 1. The largest absolute Gasteiger partial charge is 0.370 e. The van der Waals surface area contributed by atoms with Crippen molar-refractivity contribution < 1.29 is 0 Å². The third-order valence-corrected chi connectivity index (χ3v) is 5.25. The zero-order chi connectivity index (χ0) is 15.6. The molecule has 1 heterocycles. The summed E-state index contributed by atoms with van der Waals surface area (Å²) < 4.78 is 0. The van der Waals surface area contributed by atoms with E-state index in [1.807, 2.05) is 0 Å². The van der Waals surface area contributed by atoms with Gasteiger partial charge < -0.3 is 16.0 Å². The molecular formula is C18H36N4. The number of nitrogens with one attached hydrogen (secondary N) is 1. The van der Waals surface area contributed by atoms with Crippen molar-refractivity contribution in [2.24, 2.45) is 16.6 Å². The standard InChI is InChI=1S/C18H36N4/c1-16-10-14-22(15-11-16)13-7-6-12-20-18(19)21-17-8-4-2-3-5-9-17/h16-17H,2-15H2,1H3,(H3,19,20,21). The van der Waals surface area contributed by atoms with Gasteiger partial charge in [0.2, 0.25) is 0 Å². The van der Waals surface area contributed by atoms with Crippen LogP contribution in [0.1, 0.15) is 71.1 Å². The Morgan fingerprint density at radius 1 is 1.05 bits per heavy atom. The lowest BCUT2D eigenvalue weighted by Gasteiger charge is -2.30. The summed E-state index contributed by atoms with van der Waals surface area (Å²) in [6.07, 6.45) is 13.1. The average Bonchev–Trinajstić information content (AvgIpc) is 2.77. The number of nitrogens with two attached hydrogens (primary N) is 1. The summed E-state index contributed by atoms with van der Waals surface area (Å²) in [5.41, 5.74) is 6.02. The molecule has 2 fully saturated rings. The molecule has 2 aliphatic rings. The molecule has 0 aromatic rings. The fourth-order valence-electron chi connectivity index (χ4n) is 3.61. The predicted octanol–water partition coefficient (Wildman–Crippen LogP) is 3.13. The van der Waals surface area contributed by atoms with Gasteiger partial charge in [-0.05, 0) is 64.1 Å². The van der Waals surface area contributed by atoms with E-state index in [0.717, 1.165) is 18.9 Å². The van der Waals surface area contributed by atoms with Crippen molar-refractivity contribution >= 4 is 5.96 Å². The van der Waals surface area contributed by atoms with Crippen molar-refractivity contribution in [3.63, 3.8) is 0 Å². The van der Waals surface area contributed by atoms with Gasteiger partial charge in [-0.1, -0.05) is 32.6 Å². The zero-order valence-corrected chi connectivity index (χ0v) is 14.5. The Kier molecular flexibility index (Phi) is 8.06. The third-order valence-electron chi connectivity index (χ3n) is 5.25. The highest BCUT2D eigenvalue weighted by atomic mass is 15.1. The van der Waals surface area contributed by atoms with Crippen LogP contribution in [-0.2, 0) is 0 Å². The van der Waals surface area contributed by atoms with Crippen molar-refractivity contribution in [3.05, 3.63) is 0 Å². The van der Waals surface area contributed by atoms with Crippen molar-refractivity contribution in [1.82, 2.24) is 10.2 Å². The predicted molar refractivity (Wildman–Crippen MR) is 95.2 cm³/mol. The molecule has 0 aromatic carbocycles. The fourth-order valence-corrected chi connectivity index (χ4v) is 3.61. The SMILES string of the molecule is CC1CCN(CCCCN=C(N)NC2CCCCCC2)CC1. The van der Waals surface area contributed by atoms with Gasteiger partial charge in [0.15, 0.2) is 5.96 Å². The lowest BCUT2D eigenvalue weighted by atomic mass is 9.99. The smallest absolute Gasteiger partial charge is 0.188 e. The van der Waals surface area contributed by atoms with E-state index in [0.29, 0.717) is 12.0 Å². The van der Waals surface area contributed by atoms with E-state index in [4.69, 9.17) is 5.73 Å². The second-order valence-electron chi connectivity index (χ2n) is 7.33. The Hall–Kier alpha value is -0.770. The molecule has 0 atom stereocenters. The maximum atomic E-state index is 6.02. The van der Waals surface area contributed by atoms with Gasteiger partial charge in [0, 0.05) is 12.6 Å². The highest BCUT2D eigenvalue weighted by Crippen LogP contribution is 2.17. The fraction of sp³-hybridized carbons (Fsp3) is 0.944. The summed E-state index contributed by atoms with van der Waals surface area (Å²) in [4.78, 5) is 7.12. The first-order chi connectivity index (χ1) is 10.7. The van der Waals surface area contributed by atoms with Crippen LogP contribution in [0.25, 0.3) is 0 Å². The number of hydrogen-bond donors (Lipinski definition) is 2. The van der Waals surface area contributed by atoms with Crippen LogP contribution >= 0.6 is 0 Å². The molecule has 0 amide bonds. The van der Waals surface area contributed by atoms with E-state index >= 15 is 0 Å². The van der Waals surface area contributed by atoms with E-state index in [1.54, 1.807) is 0 Å². The van der Waals surface area contributed by atoms with Gasteiger partial charge >= 0.3 is 0 Å². The van der Waals surface area contributed by atoms with Gasteiger partial charge in [-0.3, -0.25) is 4.99 Å². The zero-order valence-electron chi connectivity index (χ0n) is 14.5. The van der Waals surface area contributed by atoms with Crippen LogP contribution in [0.4, 0.5) is 0 Å². The van der Waals surface area contributed by atoms with Crippen LogP contribution in [0.3, 0.4) is 0 Å². The molecule has 4 heteroatoms. The van der Waals surface area contributed by atoms with Gasteiger partial charge in [-0.25, -0.2) is 0 Å². The summed E-state index contributed by atoms with van der Waals surface area (Å²) in [7, 11) is 0. The molecule has 128 valence electrons. The van der Waals surface area contributed by atoms with Gasteiger partial charge in [-0.2, -0.15) is 0 Å². The van der Waals surface area contributed by atoms with Gasteiger partial charge in [0.25, 0.3) is 0 Å². The minimum absolute atomic E-state index is 0.557. The highest BCUT2D eigenvalue weighted by Gasteiger charge is 2.15. The molecule has 1 aliphatic heterocycles. The summed E-state index contributed by atoms with van der Waals surface area (Å²) in [5.74, 6) is 1.59. The molecule has 0 bridgehead atoms. The number of hydrogen-bond acceptors (Lipinski definition) is 2. The quantitative estimate of drug-likeness (QED) is 0.343. The van der Waals surface area contributed by atoms with Crippen LogP contribution in [0.5, 0.6) is 0 Å². The Labute approximate surface area is 136 Å². The topological polar surface area (TPSA) is 53.6 Å². The summed E-state index contributed by atoms with van der Waals surface area (Å²) in [5, 5.41) is 3.42. The molecule has 0 spiro atoms. The molecule has 0 radical (unpaired) electrons. The van der Waals surface area contributed by atoms with E-state index in [9.17, 15) is 0 Å². The van der Waals surface area contributed by atoms with Gasteiger partial charge in [0.05, 0.1) is 0 Å². The normalized spacial score (nSPS) is 23.4. The Bertz CT molecular complexity index is 313. The molecule has 1 aliphatic carbocycles. The van der Waals surface area contributed by atoms with E-state index in [1.165, 1.54) is 77.4 Å². The second kappa shape index (κ2) is 10.1. The van der Waals surface area contributed by atoms with Crippen LogP contribution < -0.4 is 11.1 Å². The van der Waals surface area contributed by atoms with E-state index in [-0.39, 0.29) is 0 Å². The van der Waals surface area contributed by atoms with E-state index < -0.39 is 0 Å². The number of unbranched alkanes of at least 4 members (excludes halogenated alkanes) is 1. The molecule has 22 heavy (non-hydrogen) atoms. The molecule has 2 rings (SSSR count). The lowest BCUT2D eigenvalue weighted by Crippen LogP contribution is -2.39. The molecule has 0 unspecified atom stereocenters. The van der Waals surface area contributed by atoms with Crippen molar-refractivity contribution in [2.75, 3.05) is 26.2 Å². The molecule has 1 saturated carbocycles. The lowest BCUT2D eigenvalue weighted by molar-refractivity contribution is 0.190. The second-order valence-corrected chi connectivity index (χ2v) is 7.33. The number of rotatable bonds is 6. The number of nitrogens with zero attached hydrogens (tertiary/aromatic N) is 2. The first kappa shape index (κ1) is 17.6. The van der Waals surface area contributed by atoms with Crippen LogP contribution in [0, 0.1) is 5.92 Å². The number of aliphatic imine (C=N–C) groups is 1. The van der Waals surface area contributed by atoms with Crippen molar-refractivity contribution in [2.45, 2.75) is 77.2 Å². The minimum Gasteiger partial charge on any atom is -0.370 e. The van der Waals surface area contributed by atoms with Crippen molar-refractivity contribution in [3.8, 4) is 0 Å². The van der Waals surface area contributed by atoms with Crippen LogP contribution in [0.15, 0.2) is 4.99 Å². The molecule has 3 N–H and O–H groups in total. The highest BCUT2D eigenvalue weighted by molar-refractivity contribution is 5.78. The Morgan fingerprint density at radius 2 is 1.73 bits per heavy atom. The molecular weight excluding hydrogens is 272 g/mol. The number of piperidine rings is 1. The molecule has 4 nitrogen and oxygen atoms in total. The van der Waals surface area contributed by atoms with Crippen molar-refractivity contribution in [1.29, 1.82) is 0 Å². The summed E-state index contributed by atoms with van der Waals surface area (Å²) >= 11 is 0. The van der Waals surface area contributed by atoms with Gasteiger partial charge in [-0.15, -0.1) is 0 Å². The van der Waals surface area contributed by atoms with Crippen LogP contribution in [-0.4, -0.2) is 43.1 Å². The monoisotopic (exact) mass is 308 g/mol. The molecule has 1 saturated heterocycles. The maximum absolute atomic E-state index is 6.02. The van der Waals surface area contributed by atoms with Crippen LogP contribution in [0.2, 0.25) is 0 Å². The Balaban J connectivity index is 1.52. The number of guanidine groups is 1. The first-order valence-electron chi connectivity index (χ1n) is 9.53. The third kappa shape index (κ3) is 6.99. The van der Waals surface area contributed by atoms with Gasteiger partial charge in [0.1, 0.15) is 0 Å². The average molecular weight is 309 g/mol. The molecule has 0 aromatic heterocycles. The summed E-state index contributed by atoms with van der Waals surface area (Å²) in [6.45, 7) is 7.05. The minimum atomic E-state index is 0.557. The summed E-state index contributed by atoms with van der Waals surface area (Å²) in [6, 6.07) is 0.557. The first-order valence-corrected chi connectivity index (χ1v) is 9.53. The Morgan fingerprint density at radius 3 is 2.41 bits per heavy atom. The maximum Gasteiger partial charge on any atom is 0.188 e. The van der Waals surface area contributed by atoms with E-state index in [2.05, 4.69) is 22.1 Å².